The number of benzene rings is 1. The van der Waals surface area contributed by atoms with Crippen molar-refractivity contribution in [3.63, 3.8) is 0 Å². The van der Waals surface area contributed by atoms with Crippen LogP contribution in [0.15, 0.2) is 36.5 Å². The molecule has 4 nitrogen and oxygen atoms in total. The molecule has 1 amide bonds. The van der Waals surface area contributed by atoms with Gasteiger partial charge in [0.2, 0.25) is 11.8 Å². The molecule has 0 fully saturated rings. The molecule has 1 aliphatic rings. The molecule has 1 N–H and O–H groups in total. The van der Waals surface area contributed by atoms with E-state index in [1.165, 1.54) is 0 Å². The number of amides is 1. The van der Waals surface area contributed by atoms with Crippen molar-refractivity contribution < 1.29 is 9.53 Å². The average Bonchev–Trinajstić information content (AvgIpc) is 2.93. The third-order valence-corrected chi connectivity index (χ3v) is 4.17. The largest absolute Gasteiger partial charge is 0.476 e. The Morgan fingerprint density at radius 1 is 1.36 bits per heavy atom. The second-order valence-corrected chi connectivity index (χ2v) is 5.88. The topological polar surface area (TPSA) is 51.2 Å². The summed E-state index contributed by atoms with van der Waals surface area (Å²) in [6, 6.07) is 9.04. The summed E-state index contributed by atoms with van der Waals surface area (Å²) < 4.78 is 5.42. The zero-order valence-electron chi connectivity index (χ0n) is 11.7. The molecule has 2 heterocycles. The van der Waals surface area contributed by atoms with Gasteiger partial charge in [0, 0.05) is 28.4 Å². The van der Waals surface area contributed by atoms with Crippen molar-refractivity contribution in [1.82, 2.24) is 10.3 Å². The Balaban J connectivity index is 1.57. The van der Waals surface area contributed by atoms with E-state index in [0.29, 0.717) is 35.5 Å². The number of aromatic nitrogens is 1. The number of nitrogens with one attached hydrogen (secondary N) is 1. The first-order chi connectivity index (χ1) is 10.6. The van der Waals surface area contributed by atoms with Crippen LogP contribution in [0.25, 0.3) is 0 Å². The standard InChI is InChI=1S/C16H14Cl2N2O2/c17-11-4-3-10(14(18)8-11)5-7-19-15(21)13-9-22-16-12(13)2-1-6-20-16/h1-4,6,8,13H,5,7,9H2,(H,19,21). The molecule has 22 heavy (non-hydrogen) atoms. The van der Waals surface area contributed by atoms with Crippen LogP contribution >= 0.6 is 23.2 Å². The van der Waals surface area contributed by atoms with Crippen LogP contribution in [0.4, 0.5) is 0 Å². The number of hydrogen-bond donors (Lipinski definition) is 1. The van der Waals surface area contributed by atoms with Gasteiger partial charge in [-0.2, -0.15) is 0 Å². The average molecular weight is 337 g/mol. The van der Waals surface area contributed by atoms with E-state index in [2.05, 4.69) is 10.3 Å². The van der Waals surface area contributed by atoms with E-state index in [0.717, 1.165) is 11.1 Å². The van der Waals surface area contributed by atoms with E-state index in [1.807, 2.05) is 12.1 Å². The van der Waals surface area contributed by atoms with Crippen LogP contribution in [0.2, 0.25) is 10.0 Å². The van der Waals surface area contributed by atoms with Gasteiger partial charge in [-0.1, -0.05) is 35.3 Å². The Labute approximate surface area is 138 Å². The second-order valence-electron chi connectivity index (χ2n) is 5.04. The minimum absolute atomic E-state index is 0.0585. The van der Waals surface area contributed by atoms with Gasteiger partial charge >= 0.3 is 0 Å². The SMILES string of the molecule is O=C(NCCc1ccc(Cl)cc1Cl)C1COc2ncccc21. The van der Waals surface area contributed by atoms with Gasteiger partial charge in [-0.05, 0) is 30.2 Å². The molecule has 1 unspecified atom stereocenters. The number of carbonyl (C=O) groups is 1. The van der Waals surface area contributed by atoms with Crippen molar-refractivity contribution in [3.8, 4) is 5.88 Å². The fourth-order valence-corrected chi connectivity index (χ4v) is 2.93. The number of fused-ring (bicyclic) bond motifs is 1. The van der Waals surface area contributed by atoms with E-state index >= 15 is 0 Å². The van der Waals surface area contributed by atoms with Gasteiger partial charge in [0.05, 0.1) is 0 Å². The summed E-state index contributed by atoms with van der Waals surface area (Å²) >= 11 is 12.0. The molecular formula is C16H14Cl2N2O2. The Morgan fingerprint density at radius 2 is 2.23 bits per heavy atom. The van der Waals surface area contributed by atoms with Gasteiger partial charge in [-0.25, -0.2) is 4.98 Å². The van der Waals surface area contributed by atoms with Gasteiger partial charge in [-0.15, -0.1) is 0 Å². The lowest BCUT2D eigenvalue weighted by Crippen LogP contribution is -2.31. The fraction of sp³-hybridized carbons (Fsp3) is 0.250. The lowest BCUT2D eigenvalue weighted by atomic mass is 10.0. The monoisotopic (exact) mass is 336 g/mol. The van der Waals surface area contributed by atoms with Crippen molar-refractivity contribution >= 4 is 29.1 Å². The first-order valence-corrected chi connectivity index (χ1v) is 7.70. The van der Waals surface area contributed by atoms with Crippen molar-refractivity contribution in [3.05, 3.63) is 57.7 Å². The van der Waals surface area contributed by atoms with Gasteiger partial charge in [0.25, 0.3) is 0 Å². The number of carbonyl (C=O) groups excluding carboxylic acids is 1. The summed E-state index contributed by atoms with van der Waals surface area (Å²) in [5.41, 5.74) is 1.79. The van der Waals surface area contributed by atoms with Crippen LogP contribution in [-0.2, 0) is 11.2 Å². The summed E-state index contributed by atoms with van der Waals surface area (Å²) in [6.45, 7) is 0.839. The first kappa shape index (κ1) is 15.1. The highest BCUT2D eigenvalue weighted by Gasteiger charge is 2.30. The zero-order valence-corrected chi connectivity index (χ0v) is 13.2. The third kappa shape index (κ3) is 3.18. The molecular weight excluding hydrogens is 323 g/mol. The minimum Gasteiger partial charge on any atom is -0.476 e. The van der Waals surface area contributed by atoms with Gasteiger partial charge in [0.1, 0.15) is 12.5 Å². The maximum Gasteiger partial charge on any atom is 0.231 e. The lowest BCUT2D eigenvalue weighted by molar-refractivity contribution is -0.122. The molecule has 114 valence electrons. The lowest BCUT2D eigenvalue weighted by Gasteiger charge is -2.10. The van der Waals surface area contributed by atoms with Gasteiger partial charge in [0.15, 0.2) is 0 Å². The van der Waals surface area contributed by atoms with Crippen molar-refractivity contribution in [2.24, 2.45) is 0 Å². The molecule has 6 heteroatoms. The quantitative estimate of drug-likeness (QED) is 0.932. The smallest absolute Gasteiger partial charge is 0.231 e. The predicted molar refractivity (Wildman–Crippen MR) is 85.6 cm³/mol. The maximum absolute atomic E-state index is 12.3. The van der Waals surface area contributed by atoms with E-state index < -0.39 is 0 Å². The Bertz CT molecular complexity index is 706. The Hall–Kier alpha value is -1.78. The third-order valence-electron chi connectivity index (χ3n) is 3.59. The van der Waals surface area contributed by atoms with E-state index in [1.54, 1.807) is 24.4 Å². The number of ether oxygens (including phenoxy) is 1. The number of nitrogens with zero attached hydrogens (tertiary/aromatic N) is 1. The molecule has 1 atom stereocenters. The van der Waals surface area contributed by atoms with Crippen LogP contribution < -0.4 is 10.1 Å². The Kier molecular flexibility index (Phi) is 4.50. The predicted octanol–water partition coefficient (Wildman–Crippen LogP) is 3.22. The normalized spacial score (nSPS) is 16.0. The fourth-order valence-electron chi connectivity index (χ4n) is 2.43. The van der Waals surface area contributed by atoms with Crippen LogP contribution in [0.5, 0.6) is 5.88 Å². The van der Waals surface area contributed by atoms with Crippen LogP contribution in [-0.4, -0.2) is 24.0 Å². The van der Waals surface area contributed by atoms with Crippen molar-refractivity contribution in [2.75, 3.05) is 13.2 Å². The van der Waals surface area contributed by atoms with E-state index in [9.17, 15) is 4.79 Å². The molecule has 1 aromatic heterocycles. The summed E-state index contributed by atoms with van der Waals surface area (Å²) in [6.07, 6.45) is 2.30. The van der Waals surface area contributed by atoms with E-state index in [-0.39, 0.29) is 11.8 Å². The molecule has 0 bridgehead atoms. The van der Waals surface area contributed by atoms with Crippen LogP contribution in [0.1, 0.15) is 17.0 Å². The summed E-state index contributed by atoms with van der Waals surface area (Å²) in [5, 5.41) is 4.13. The summed E-state index contributed by atoms with van der Waals surface area (Å²) in [5.74, 6) is 0.185. The maximum atomic E-state index is 12.3. The minimum atomic E-state index is -0.301. The van der Waals surface area contributed by atoms with Crippen LogP contribution in [0.3, 0.4) is 0 Å². The molecule has 0 saturated carbocycles. The molecule has 0 aliphatic carbocycles. The summed E-state index contributed by atoms with van der Waals surface area (Å²) in [7, 11) is 0. The van der Waals surface area contributed by atoms with Crippen LogP contribution in [0, 0.1) is 0 Å². The molecule has 0 spiro atoms. The molecule has 2 aromatic rings. The molecule has 0 saturated heterocycles. The molecule has 3 rings (SSSR count). The second kappa shape index (κ2) is 6.55. The van der Waals surface area contributed by atoms with Crippen molar-refractivity contribution in [1.29, 1.82) is 0 Å². The summed E-state index contributed by atoms with van der Waals surface area (Å²) in [4.78, 5) is 16.4. The highest BCUT2D eigenvalue weighted by atomic mass is 35.5. The molecule has 1 aromatic carbocycles. The van der Waals surface area contributed by atoms with Gasteiger partial charge < -0.3 is 10.1 Å². The highest BCUT2D eigenvalue weighted by molar-refractivity contribution is 6.35. The van der Waals surface area contributed by atoms with Gasteiger partial charge in [-0.3, -0.25) is 4.79 Å². The number of pyridine rings is 1. The highest BCUT2D eigenvalue weighted by Crippen LogP contribution is 2.31. The zero-order chi connectivity index (χ0) is 15.5. The molecule has 1 aliphatic heterocycles. The number of rotatable bonds is 4. The molecule has 0 radical (unpaired) electrons. The first-order valence-electron chi connectivity index (χ1n) is 6.94. The van der Waals surface area contributed by atoms with E-state index in [4.69, 9.17) is 27.9 Å². The number of halogens is 2. The Morgan fingerprint density at radius 3 is 3.05 bits per heavy atom. The number of hydrogen-bond acceptors (Lipinski definition) is 3. The van der Waals surface area contributed by atoms with Crippen molar-refractivity contribution in [2.45, 2.75) is 12.3 Å².